The molecular formula is C11H15NO2. The van der Waals surface area contributed by atoms with Gasteiger partial charge in [-0.25, -0.2) is 0 Å². The molecule has 0 radical (unpaired) electrons. The first-order valence-corrected chi connectivity index (χ1v) is 4.73. The van der Waals surface area contributed by atoms with Gasteiger partial charge in [0.2, 0.25) is 0 Å². The maximum absolute atomic E-state index is 11.3. The Balaban J connectivity index is 2.49. The molecule has 0 saturated heterocycles. The van der Waals surface area contributed by atoms with Crippen LogP contribution in [0.25, 0.3) is 0 Å². The Labute approximate surface area is 84.1 Å². The highest BCUT2D eigenvalue weighted by atomic mass is 16.5. The van der Waals surface area contributed by atoms with Crippen molar-refractivity contribution in [3.05, 3.63) is 30.3 Å². The van der Waals surface area contributed by atoms with Crippen molar-refractivity contribution in [3.63, 3.8) is 0 Å². The Hall–Kier alpha value is -1.51. The van der Waals surface area contributed by atoms with Gasteiger partial charge in [-0.3, -0.25) is 4.79 Å². The molecule has 0 unspecified atom stereocenters. The van der Waals surface area contributed by atoms with Gasteiger partial charge in [-0.15, -0.1) is 0 Å². The topological polar surface area (TPSA) is 38.3 Å². The number of hydrogen-bond donors (Lipinski definition) is 1. The molecular weight excluding hydrogens is 178 g/mol. The number of carbonyl (C=O) groups excluding carboxylic acids is 1. The Morgan fingerprint density at radius 3 is 2.64 bits per heavy atom. The molecule has 3 nitrogen and oxygen atoms in total. The summed E-state index contributed by atoms with van der Waals surface area (Å²) in [5.74, 6) is 0.627. The molecule has 0 aromatic heterocycles. The number of amides is 1. The van der Waals surface area contributed by atoms with E-state index in [0.717, 1.165) is 0 Å². The van der Waals surface area contributed by atoms with Gasteiger partial charge >= 0.3 is 0 Å². The van der Waals surface area contributed by atoms with Crippen LogP contribution in [0.5, 0.6) is 5.75 Å². The molecule has 0 spiro atoms. The Kier molecular flexibility index (Phi) is 3.98. The van der Waals surface area contributed by atoms with E-state index in [1.54, 1.807) is 6.92 Å². The number of para-hydroxylation sites is 1. The average molecular weight is 193 g/mol. The van der Waals surface area contributed by atoms with Crippen LogP contribution < -0.4 is 10.1 Å². The molecule has 1 amide bonds. The van der Waals surface area contributed by atoms with Crippen LogP contribution in [0, 0.1) is 0 Å². The van der Waals surface area contributed by atoms with E-state index >= 15 is 0 Å². The fourth-order valence-electron chi connectivity index (χ4n) is 1.07. The van der Waals surface area contributed by atoms with E-state index < -0.39 is 6.10 Å². The number of rotatable bonds is 4. The molecule has 76 valence electrons. The summed E-state index contributed by atoms with van der Waals surface area (Å²) in [7, 11) is 0. The quantitative estimate of drug-likeness (QED) is 0.788. The van der Waals surface area contributed by atoms with Gasteiger partial charge in [0.15, 0.2) is 6.10 Å². The van der Waals surface area contributed by atoms with Gasteiger partial charge in [0.05, 0.1) is 0 Å². The second kappa shape index (κ2) is 5.27. The highest BCUT2D eigenvalue weighted by Gasteiger charge is 2.12. The highest BCUT2D eigenvalue weighted by molar-refractivity contribution is 5.80. The molecule has 1 aromatic rings. The maximum Gasteiger partial charge on any atom is 0.260 e. The number of ether oxygens (including phenoxy) is 1. The molecule has 0 bridgehead atoms. The lowest BCUT2D eigenvalue weighted by molar-refractivity contribution is -0.127. The Bertz CT molecular complexity index is 285. The standard InChI is InChI=1S/C11H15NO2/c1-3-12-11(13)9(2)14-10-7-5-4-6-8-10/h4-9H,3H2,1-2H3,(H,12,13)/t9-/m0/s1. The minimum absolute atomic E-state index is 0.0867. The molecule has 1 atom stereocenters. The van der Waals surface area contributed by atoms with Crippen molar-refractivity contribution in [1.82, 2.24) is 5.32 Å². The predicted molar refractivity (Wildman–Crippen MR) is 55.2 cm³/mol. The maximum atomic E-state index is 11.3. The first-order valence-electron chi connectivity index (χ1n) is 4.73. The van der Waals surface area contributed by atoms with Crippen molar-refractivity contribution >= 4 is 5.91 Å². The molecule has 1 N–H and O–H groups in total. The first-order chi connectivity index (χ1) is 6.74. The second-order valence-electron chi connectivity index (χ2n) is 2.97. The van der Waals surface area contributed by atoms with Gasteiger partial charge < -0.3 is 10.1 Å². The monoisotopic (exact) mass is 193 g/mol. The van der Waals surface area contributed by atoms with Gasteiger partial charge in [-0.1, -0.05) is 18.2 Å². The fourth-order valence-corrected chi connectivity index (χ4v) is 1.07. The minimum atomic E-state index is -0.447. The van der Waals surface area contributed by atoms with Crippen molar-refractivity contribution in [1.29, 1.82) is 0 Å². The van der Waals surface area contributed by atoms with Crippen LogP contribution in [0.4, 0.5) is 0 Å². The van der Waals surface area contributed by atoms with Crippen LogP contribution in [0.3, 0.4) is 0 Å². The van der Waals surface area contributed by atoms with Crippen molar-refractivity contribution in [2.24, 2.45) is 0 Å². The lowest BCUT2D eigenvalue weighted by Crippen LogP contribution is -2.36. The molecule has 0 aliphatic rings. The molecule has 0 fully saturated rings. The molecule has 0 heterocycles. The zero-order valence-corrected chi connectivity index (χ0v) is 8.49. The molecule has 3 heteroatoms. The van der Waals surface area contributed by atoms with Gasteiger partial charge in [0.25, 0.3) is 5.91 Å². The van der Waals surface area contributed by atoms with Crippen LogP contribution in [-0.4, -0.2) is 18.6 Å². The lowest BCUT2D eigenvalue weighted by Gasteiger charge is -2.13. The Morgan fingerprint density at radius 2 is 2.07 bits per heavy atom. The highest BCUT2D eigenvalue weighted by Crippen LogP contribution is 2.10. The van der Waals surface area contributed by atoms with E-state index in [1.807, 2.05) is 37.3 Å². The fraction of sp³-hybridized carbons (Fsp3) is 0.364. The Morgan fingerprint density at radius 1 is 1.43 bits per heavy atom. The third kappa shape index (κ3) is 3.09. The van der Waals surface area contributed by atoms with Gasteiger partial charge in [-0.2, -0.15) is 0 Å². The lowest BCUT2D eigenvalue weighted by atomic mass is 10.3. The second-order valence-corrected chi connectivity index (χ2v) is 2.97. The number of nitrogens with one attached hydrogen (secondary N) is 1. The number of hydrogen-bond acceptors (Lipinski definition) is 2. The minimum Gasteiger partial charge on any atom is -0.481 e. The third-order valence-electron chi connectivity index (χ3n) is 1.78. The summed E-state index contributed by atoms with van der Waals surface area (Å²) in [5.41, 5.74) is 0. The summed E-state index contributed by atoms with van der Waals surface area (Å²) < 4.78 is 5.42. The zero-order chi connectivity index (χ0) is 10.4. The summed E-state index contributed by atoms with van der Waals surface area (Å²) in [6.07, 6.45) is -0.447. The number of benzene rings is 1. The van der Waals surface area contributed by atoms with Crippen molar-refractivity contribution in [2.75, 3.05) is 6.54 Å². The van der Waals surface area contributed by atoms with E-state index in [9.17, 15) is 4.79 Å². The zero-order valence-electron chi connectivity index (χ0n) is 8.49. The van der Waals surface area contributed by atoms with Gasteiger partial charge in [0, 0.05) is 6.54 Å². The van der Waals surface area contributed by atoms with Crippen molar-refractivity contribution in [2.45, 2.75) is 20.0 Å². The average Bonchev–Trinajstić information content (AvgIpc) is 2.19. The van der Waals surface area contributed by atoms with Crippen molar-refractivity contribution in [3.8, 4) is 5.75 Å². The van der Waals surface area contributed by atoms with E-state index in [-0.39, 0.29) is 5.91 Å². The largest absolute Gasteiger partial charge is 0.481 e. The van der Waals surface area contributed by atoms with Gasteiger partial charge in [0.1, 0.15) is 5.75 Å². The molecule has 14 heavy (non-hydrogen) atoms. The van der Waals surface area contributed by atoms with Crippen LogP contribution in [-0.2, 0) is 4.79 Å². The first kappa shape index (κ1) is 10.6. The summed E-state index contributed by atoms with van der Waals surface area (Å²) >= 11 is 0. The smallest absolute Gasteiger partial charge is 0.260 e. The number of likely N-dealkylation sites (N-methyl/N-ethyl adjacent to an activating group) is 1. The van der Waals surface area contributed by atoms with Crippen molar-refractivity contribution < 1.29 is 9.53 Å². The summed E-state index contributed by atoms with van der Waals surface area (Å²) in [4.78, 5) is 11.3. The van der Waals surface area contributed by atoms with E-state index in [2.05, 4.69) is 5.32 Å². The summed E-state index contributed by atoms with van der Waals surface area (Å²) in [5, 5.41) is 2.70. The van der Waals surface area contributed by atoms with Crippen LogP contribution in [0.2, 0.25) is 0 Å². The molecule has 1 aromatic carbocycles. The third-order valence-corrected chi connectivity index (χ3v) is 1.78. The van der Waals surface area contributed by atoms with Crippen LogP contribution in [0.1, 0.15) is 13.8 Å². The molecule has 0 saturated carbocycles. The van der Waals surface area contributed by atoms with E-state index in [1.165, 1.54) is 0 Å². The SMILES string of the molecule is CCNC(=O)[C@H](C)Oc1ccccc1. The molecule has 1 rings (SSSR count). The van der Waals surface area contributed by atoms with Crippen LogP contribution in [0.15, 0.2) is 30.3 Å². The van der Waals surface area contributed by atoms with E-state index in [4.69, 9.17) is 4.74 Å². The van der Waals surface area contributed by atoms with Crippen LogP contribution >= 0.6 is 0 Å². The molecule has 0 aliphatic carbocycles. The summed E-state index contributed by atoms with van der Waals surface area (Å²) in [6, 6.07) is 9.31. The molecule has 0 aliphatic heterocycles. The van der Waals surface area contributed by atoms with Gasteiger partial charge in [-0.05, 0) is 26.0 Å². The number of carbonyl (C=O) groups is 1. The van der Waals surface area contributed by atoms with E-state index in [0.29, 0.717) is 12.3 Å². The normalized spacial score (nSPS) is 11.9. The predicted octanol–water partition coefficient (Wildman–Crippen LogP) is 1.59. The summed E-state index contributed by atoms with van der Waals surface area (Å²) in [6.45, 7) is 4.24.